The summed E-state index contributed by atoms with van der Waals surface area (Å²) in [6.07, 6.45) is 5.66. The highest BCUT2D eigenvalue weighted by Gasteiger charge is 2.11. The van der Waals surface area contributed by atoms with Crippen LogP contribution in [0.3, 0.4) is 0 Å². The molecule has 5 nitrogen and oxygen atoms in total. The van der Waals surface area contributed by atoms with Crippen molar-refractivity contribution in [3.05, 3.63) is 18.2 Å². The summed E-state index contributed by atoms with van der Waals surface area (Å²) < 4.78 is 7.16. The number of ether oxygens (including phenoxy) is 1. The fourth-order valence-corrected chi connectivity index (χ4v) is 1.60. The number of hydrogen-bond acceptors (Lipinski definition) is 3. The monoisotopic (exact) mass is 253 g/mol. The summed E-state index contributed by atoms with van der Waals surface area (Å²) in [5.41, 5.74) is 0. The molecule has 0 aromatic carbocycles. The molecule has 1 heterocycles. The van der Waals surface area contributed by atoms with Crippen LogP contribution in [0.15, 0.2) is 12.4 Å². The van der Waals surface area contributed by atoms with Crippen molar-refractivity contribution < 1.29 is 9.53 Å². The van der Waals surface area contributed by atoms with Gasteiger partial charge in [0.2, 0.25) is 5.91 Å². The zero-order valence-electron chi connectivity index (χ0n) is 11.6. The highest BCUT2D eigenvalue weighted by atomic mass is 16.5. The molecule has 1 aromatic heterocycles. The summed E-state index contributed by atoms with van der Waals surface area (Å²) >= 11 is 0. The van der Waals surface area contributed by atoms with Gasteiger partial charge in [-0.2, -0.15) is 0 Å². The molecule has 102 valence electrons. The second kappa shape index (κ2) is 7.87. The van der Waals surface area contributed by atoms with Gasteiger partial charge in [0.1, 0.15) is 19.0 Å². The molecule has 18 heavy (non-hydrogen) atoms. The van der Waals surface area contributed by atoms with Gasteiger partial charge in [-0.3, -0.25) is 4.79 Å². The Hall–Kier alpha value is -1.36. The molecule has 0 atom stereocenters. The van der Waals surface area contributed by atoms with E-state index >= 15 is 0 Å². The molecule has 0 spiro atoms. The fourth-order valence-electron chi connectivity index (χ4n) is 1.60. The lowest BCUT2D eigenvalue weighted by Crippen LogP contribution is -2.31. The number of rotatable bonds is 8. The lowest BCUT2D eigenvalue weighted by molar-refractivity contribution is -0.130. The van der Waals surface area contributed by atoms with Crippen LogP contribution in [-0.4, -0.2) is 40.6 Å². The molecule has 1 amide bonds. The molecular weight excluding hydrogens is 230 g/mol. The number of amides is 1. The molecular formula is C13H23N3O2. The van der Waals surface area contributed by atoms with E-state index < -0.39 is 0 Å². The van der Waals surface area contributed by atoms with Crippen molar-refractivity contribution in [1.82, 2.24) is 14.5 Å². The van der Waals surface area contributed by atoms with Gasteiger partial charge < -0.3 is 14.2 Å². The van der Waals surface area contributed by atoms with Gasteiger partial charge in [-0.15, -0.1) is 0 Å². The Kier molecular flexibility index (Phi) is 6.43. The van der Waals surface area contributed by atoms with Crippen molar-refractivity contribution in [2.75, 3.05) is 20.2 Å². The molecule has 0 aliphatic carbocycles. The van der Waals surface area contributed by atoms with Crippen molar-refractivity contribution in [3.63, 3.8) is 0 Å². The minimum atomic E-state index is 0.110. The molecule has 0 saturated heterocycles. The van der Waals surface area contributed by atoms with Crippen LogP contribution in [0.25, 0.3) is 0 Å². The van der Waals surface area contributed by atoms with Crippen LogP contribution < -0.4 is 0 Å². The smallest absolute Gasteiger partial charge is 0.242 e. The minimum absolute atomic E-state index is 0.110. The van der Waals surface area contributed by atoms with Gasteiger partial charge >= 0.3 is 0 Å². The van der Waals surface area contributed by atoms with Gasteiger partial charge in [0, 0.05) is 32.6 Å². The Labute approximate surface area is 109 Å². The summed E-state index contributed by atoms with van der Waals surface area (Å²) in [7, 11) is 1.84. The van der Waals surface area contributed by atoms with Crippen molar-refractivity contribution >= 4 is 5.91 Å². The van der Waals surface area contributed by atoms with Crippen LogP contribution in [0, 0.1) is 0 Å². The third-order valence-electron chi connectivity index (χ3n) is 2.82. The second-order valence-corrected chi connectivity index (χ2v) is 4.28. The Morgan fingerprint density at radius 2 is 2.28 bits per heavy atom. The maximum absolute atomic E-state index is 12.0. The molecule has 0 unspecified atom stereocenters. The number of likely N-dealkylation sites (N-methyl/N-ethyl adjacent to an activating group) is 1. The lowest BCUT2D eigenvalue weighted by Gasteiger charge is -2.17. The van der Waals surface area contributed by atoms with Crippen molar-refractivity contribution in [3.8, 4) is 0 Å². The third kappa shape index (κ3) is 4.49. The van der Waals surface area contributed by atoms with Gasteiger partial charge in [0.05, 0.1) is 0 Å². The fraction of sp³-hybridized carbons (Fsp3) is 0.692. The molecule has 0 fully saturated rings. The molecule has 0 radical (unpaired) electrons. The molecule has 5 heteroatoms. The van der Waals surface area contributed by atoms with Crippen LogP contribution >= 0.6 is 0 Å². The Bertz CT molecular complexity index is 363. The van der Waals surface area contributed by atoms with Gasteiger partial charge in [0.15, 0.2) is 0 Å². The number of carbonyl (C=O) groups is 1. The molecule has 0 aliphatic rings. The van der Waals surface area contributed by atoms with E-state index in [9.17, 15) is 4.79 Å². The largest absolute Gasteiger partial charge is 0.374 e. The van der Waals surface area contributed by atoms with Gasteiger partial charge in [-0.1, -0.05) is 13.3 Å². The summed E-state index contributed by atoms with van der Waals surface area (Å²) in [5.74, 6) is 0.910. The first-order valence-electron chi connectivity index (χ1n) is 6.50. The van der Waals surface area contributed by atoms with E-state index in [1.54, 1.807) is 11.1 Å². The molecule has 0 aliphatic heterocycles. The standard InChI is InChI=1S/C13H23N3O2/c1-4-6-8-15(3)13(17)10-16-9-7-14-12(16)11-18-5-2/h7,9H,4-6,8,10-11H2,1-3H3. The first-order chi connectivity index (χ1) is 8.69. The topological polar surface area (TPSA) is 47.4 Å². The number of imidazole rings is 1. The van der Waals surface area contributed by atoms with E-state index in [1.807, 2.05) is 24.7 Å². The van der Waals surface area contributed by atoms with Gasteiger partial charge in [0.25, 0.3) is 0 Å². The predicted octanol–water partition coefficient (Wildman–Crippen LogP) is 1.68. The van der Waals surface area contributed by atoms with Gasteiger partial charge in [-0.25, -0.2) is 4.98 Å². The predicted molar refractivity (Wildman–Crippen MR) is 70.1 cm³/mol. The quantitative estimate of drug-likeness (QED) is 0.708. The Morgan fingerprint density at radius 3 is 2.94 bits per heavy atom. The molecule has 1 rings (SSSR count). The molecule has 0 N–H and O–H groups in total. The van der Waals surface area contributed by atoms with Crippen molar-refractivity contribution in [2.45, 2.75) is 39.8 Å². The number of unbranched alkanes of at least 4 members (excludes halogenated alkanes) is 1. The number of hydrogen-bond donors (Lipinski definition) is 0. The van der Waals surface area contributed by atoms with Crippen LogP contribution in [0.4, 0.5) is 0 Å². The summed E-state index contributed by atoms with van der Waals surface area (Å²) in [5, 5.41) is 0. The molecule has 1 aromatic rings. The average Bonchev–Trinajstić information content (AvgIpc) is 2.80. The van der Waals surface area contributed by atoms with E-state index in [4.69, 9.17) is 4.74 Å². The maximum atomic E-state index is 12.0. The summed E-state index contributed by atoms with van der Waals surface area (Å²) in [6, 6.07) is 0. The highest BCUT2D eigenvalue weighted by molar-refractivity contribution is 5.75. The highest BCUT2D eigenvalue weighted by Crippen LogP contribution is 2.02. The van der Waals surface area contributed by atoms with E-state index in [1.165, 1.54) is 0 Å². The van der Waals surface area contributed by atoms with Crippen molar-refractivity contribution in [2.24, 2.45) is 0 Å². The SMILES string of the molecule is CCCCN(C)C(=O)Cn1ccnc1COCC. The van der Waals surface area contributed by atoms with Gasteiger partial charge in [-0.05, 0) is 13.3 Å². The summed E-state index contributed by atoms with van der Waals surface area (Å²) in [6.45, 7) is 6.31. The van der Waals surface area contributed by atoms with Crippen LogP contribution in [0.1, 0.15) is 32.5 Å². The lowest BCUT2D eigenvalue weighted by atomic mass is 10.3. The number of aromatic nitrogens is 2. The van der Waals surface area contributed by atoms with E-state index in [0.717, 1.165) is 25.2 Å². The average molecular weight is 253 g/mol. The normalized spacial score (nSPS) is 10.6. The Morgan fingerprint density at radius 1 is 1.50 bits per heavy atom. The zero-order chi connectivity index (χ0) is 13.4. The molecule has 0 bridgehead atoms. The number of carbonyl (C=O) groups excluding carboxylic acids is 1. The van der Waals surface area contributed by atoms with Crippen LogP contribution in [0.5, 0.6) is 0 Å². The Balaban J connectivity index is 2.50. The van der Waals surface area contributed by atoms with E-state index in [2.05, 4.69) is 11.9 Å². The van der Waals surface area contributed by atoms with Crippen LogP contribution in [0.2, 0.25) is 0 Å². The number of nitrogens with zero attached hydrogens (tertiary/aromatic N) is 3. The minimum Gasteiger partial charge on any atom is -0.374 e. The first-order valence-corrected chi connectivity index (χ1v) is 6.50. The zero-order valence-corrected chi connectivity index (χ0v) is 11.6. The van der Waals surface area contributed by atoms with E-state index in [-0.39, 0.29) is 5.91 Å². The van der Waals surface area contributed by atoms with Crippen LogP contribution in [-0.2, 0) is 22.7 Å². The third-order valence-corrected chi connectivity index (χ3v) is 2.82. The van der Waals surface area contributed by atoms with Crippen molar-refractivity contribution in [1.29, 1.82) is 0 Å². The first kappa shape index (κ1) is 14.7. The summed E-state index contributed by atoms with van der Waals surface area (Å²) in [4.78, 5) is 17.9. The maximum Gasteiger partial charge on any atom is 0.242 e. The second-order valence-electron chi connectivity index (χ2n) is 4.28. The molecule has 0 saturated carbocycles. The van der Waals surface area contributed by atoms with E-state index in [0.29, 0.717) is 19.8 Å².